The van der Waals surface area contributed by atoms with E-state index in [0.29, 0.717) is 42.1 Å². The third kappa shape index (κ3) is 3.87. The van der Waals surface area contributed by atoms with Crippen LogP contribution in [0.3, 0.4) is 0 Å². The summed E-state index contributed by atoms with van der Waals surface area (Å²) in [6, 6.07) is 0.352. The molecule has 0 saturated heterocycles. The second kappa shape index (κ2) is 8.61. The lowest BCUT2D eigenvalue weighted by atomic mass is 9.43. The maximum atomic E-state index is 12.7. The average Bonchev–Trinajstić information content (AvgIpc) is 3.05. The molecule has 178 valence electrons. The Morgan fingerprint density at radius 3 is 2.48 bits per heavy atom. The minimum Gasteiger partial charge on any atom is -0.469 e. The van der Waals surface area contributed by atoms with Gasteiger partial charge >= 0.3 is 5.97 Å². The number of aliphatic hydroxyl groups is 2. The summed E-state index contributed by atoms with van der Waals surface area (Å²) in [6.45, 7) is 10.3. The number of aliphatic hydroxyl groups excluding tert-OH is 2. The fourth-order valence-electron chi connectivity index (χ4n) is 8.75. The summed E-state index contributed by atoms with van der Waals surface area (Å²) >= 11 is 0. The largest absolute Gasteiger partial charge is 0.469 e. The second-order valence-electron chi connectivity index (χ2n) is 12.3. The number of carbonyl (C=O) groups is 1. The van der Waals surface area contributed by atoms with E-state index in [-0.39, 0.29) is 22.7 Å². The van der Waals surface area contributed by atoms with Crippen LogP contribution in [0.4, 0.5) is 0 Å². The van der Waals surface area contributed by atoms with Crippen molar-refractivity contribution in [3.8, 4) is 0 Å². The van der Waals surface area contributed by atoms with Gasteiger partial charge in [0.2, 0.25) is 0 Å². The lowest BCUT2D eigenvalue weighted by molar-refractivity contribution is -0.174. The van der Waals surface area contributed by atoms with E-state index in [1.807, 2.05) is 0 Å². The van der Waals surface area contributed by atoms with E-state index >= 15 is 0 Å². The number of esters is 1. The molecule has 0 bridgehead atoms. The Bertz CT molecular complexity index is 668. The summed E-state index contributed by atoms with van der Waals surface area (Å²) in [7, 11) is 1.53. The van der Waals surface area contributed by atoms with Gasteiger partial charge < -0.3 is 20.3 Å². The first-order chi connectivity index (χ1) is 14.6. The van der Waals surface area contributed by atoms with Crippen molar-refractivity contribution in [3.63, 3.8) is 0 Å². The SMILES string of the molecule is COC(=O)[C@@H]1CC[C@H]2[C@@H]3CC[C@H]4C[C@H](O)[C@@H](O)C[C@]4(C)[C@H]3[C@H](NCCC(C)C)C[C@]12C. The van der Waals surface area contributed by atoms with E-state index in [0.717, 1.165) is 45.1 Å². The van der Waals surface area contributed by atoms with Crippen molar-refractivity contribution in [2.45, 2.75) is 97.3 Å². The number of rotatable bonds is 5. The van der Waals surface area contributed by atoms with Gasteiger partial charge in [-0.05, 0) is 98.3 Å². The fraction of sp³-hybridized carbons (Fsp3) is 0.962. The van der Waals surface area contributed by atoms with Crippen molar-refractivity contribution >= 4 is 5.97 Å². The smallest absolute Gasteiger partial charge is 0.309 e. The quantitative estimate of drug-likeness (QED) is 0.573. The molecule has 3 N–H and O–H groups in total. The van der Waals surface area contributed by atoms with E-state index in [9.17, 15) is 15.0 Å². The van der Waals surface area contributed by atoms with Crippen molar-refractivity contribution in [2.24, 2.45) is 46.3 Å². The molecular formula is C26H45NO4. The molecule has 4 rings (SSSR count). The molecule has 4 aliphatic rings. The predicted molar refractivity (Wildman–Crippen MR) is 121 cm³/mol. The van der Waals surface area contributed by atoms with Crippen LogP contribution in [0.1, 0.15) is 79.1 Å². The Morgan fingerprint density at radius 1 is 1.06 bits per heavy atom. The molecule has 0 aromatic rings. The van der Waals surface area contributed by atoms with Crippen molar-refractivity contribution in [2.75, 3.05) is 13.7 Å². The standard InChI is InChI=1S/C26H45NO4/c1-15(2)10-11-27-20-13-26(4)18(8-9-19(26)24(30)31-5)17-7-6-16-12-21(28)22(29)14-25(16,3)23(17)20/h15-23,27-29H,6-14H2,1-5H3/t16-,17-,18-,19-,20+,21-,22-,23+,25-,26-/m0/s1. The highest BCUT2D eigenvalue weighted by molar-refractivity contribution is 5.74. The van der Waals surface area contributed by atoms with Crippen LogP contribution < -0.4 is 5.32 Å². The van der Waals surface area contributed by atoms with Gasteiger partial charge in [-0.2, -0.15) is 0 Å². The van der Waals surface area contributed by atoms with E-state index in [1.165, 1.54) is 13.5 Å². The van der Waals surface area contributed by atoms with Crippen molar-refractivity contribution < 1.29 is 19.7 Å². The monoisotopic (exact) mass is 435 g/mol. The maximum Gasteiger partial charge on any atom is 0.309 e. The van der Waals surface area contributed by atoms with Gasteiger partial charge in [0.25, 0.3) is 0 Å². The summed E-state index contributed by atoms with van der Waals surface area (Å²) in [5.41, 5.74) is 0.0293. The lowest BCUT2D eigenvalue weighted by Gasteiger charge is -2.63. The number of ether oxygens (including phenoxy) is 1. The molecule has 4 fully saturated rings. The molecule has 0 heterocycles. The summed E-state index contributed by atoms with van der Waals surface area (Å²) in [5, 5.41) is 25.0. The molecule has 0 aromatic carbocycles. The van der Waals surface area contributed by atoms with Crippen molar-refractivity contribution in [1.82, 2.24) is 5.32 Å². The van der Waals surface area contributed by atoms with Gasteiger partial charge in [-0.3, -0.25) is 4.79 Å². The first-order valence-electron chi connectivity index (χ1n) is 12.8. The van der Waals surface area contributed by atoms with Gasteiger partial charge in [-0.25, -0.2) is 0 Å². The predicted octanol–water partition coefficient (Wildman–Crippen LogP) is 3.76. The highest BCUT2D eigenvalue weighted by atomic mass is 16.5. The van der Waals surface area contributed by atoms with E-state index < -0.39 is 12.2 Å². The number of fused-ring (bicyclic) bond motifs is 5. The molecule has 0 radical (unpaired) electrons. The van der Waals surface area contributed by atoms with Crippen molar-refractivity contribution in [3.05, 3.63) is 0 Å². The molecular weight excluding hydrogens is 390 g/mol. The average molecular weight is 436 g/mol. The maximum absolute atomic E-state index is 12.7. The molecule has 0 unspecified atom stereocenters. The van der Waals surface area contributed by atoms with Crippen LogP contribution in [-0.2, 0) is 9.53 Å². The molecule has 0 amide bonds. The molecule has 4 saturated carbocycles. The molecule has 4 aliphatic carbocycles. The topological polar surface area (TPSA) is 78.8 Å². The molecule has 0 aromatic heterocycles. The highest BCUT2D eigenvalue weighted by Gasteiger charge is 2.64. The molecule has 10 atom stereocenters. The zero-order chi connectivity index (χ0) is 22.6. The van der Waals surface area contributed by atoms with E-state index in [4.69, 9.17) is 4.74 Å². The second-order valence-corrected chi connectivity index (χ2v) is 12.3. The van der Waals surface area contributed by atoms with Gasteiger partial charge in [-0.15, -0.1) is 0 Å². The summed E-state index contributed by atoms with van der Waals surface area (Å²) in [4.78, 5) is 12.7. The van der Waals surface area contributed by atoms with Crippen LogP contribution in [0, 0.1) is 46.3 Å². The van der Waals surface area contributed by atoms with Crippen LogP contribution in [-0.4, -0.2) is 48.1 Å². The third-order valence-electron chi connectivity index (χ3n) is 10.3. The fourth-order valence-corrected chi connectivity index (χ4v) is 8.75. The Kier molecular flexibility index (Phi) is 6.53. The normalized spacial score (nSPS) is 49.3. The van der Waals surface area contributed by atoms with Gasteiger partial charge in [0.1, 0.15) is 0 Å². The van der Waals surface area contributed by atoms with Crippen LogP contribution in [0.25, 0.3) is 0 Å². The molecule has 0 aliphatic heterocycles. The molecule has 31 heavy (non-hydrogen) atoms. The Morgan fingerprint density at radius 2 is 1.81 bits per heavy atom. The van der Waals surface area contributed by atoms with Crippen LogP contribution >= 0.6 is 0 Å². The van der Waals surface area contributed by atoms with Gasteiger partial charge in [-0.1, -0.05) is 27.7 Å². The van der Waals surface area contributed by atoms with E-state index in [1.54, 1.807) is 0 Å². The number of methoxy groups -OCH3 is 1. The zero-order valence-corrected chi connectivity index (χ0v) is 20.3. The number of hydrogen-bond donors (Lipinski definition) is 3. The minimum absolute atomic E-state index is 0.00199. The van der Waals surface area contributed by atoms with Crippen LogP contribution in [0.15, 0.2) is 0 Å². The van der Waals surface area contributed by atoms with Crippen LogP contribution in [0.5, 0.6) is 0 Å². The number of carbonyl (C=O) groups excluding carboxylic acids is 1. The van der Waals surface area contributed by atoms with Gasteiger partial charge in [0, 0.05) is 6.04 Å². The molecule has 5 heteroatoms. The number of hydrogen-bond acceptors (Lipinski definition) is 5. The van der Waals surface area contributed by atoms with Gasteiger partial charge in [0.15, 0.2) is 0 Å². The Balaban J connectivity index is 1.67. The van der Waals surface area contributed by atoms with Crippen LogP contribution in [0.2, 0.25) is 0 Å². The zero-order valence-electron chi connectivity index (χ0n) is 20.3. The highest BCUT2D eigenvalue weighted by Crippen LogP contribution is 2.67. The first kappa shape index (κ1) is 23.5. The van der Waals surface area contributed by atoms with Crippen molar-refractivity contribution in [1.29, 1.82) is 0 Å². The Labute approximate surface area is 188 Å². The Hall–Kier alpha value is -0.650. The first-order valence-corrected chi connectivity index (χ1v) is 12.8. The summed E-state index contributed by atoms with van der Waals surface area (Å²) in [6.07, 6.45) is 6.77. The minimum atomic E-state index is -0.615. The lowest BCUT2D eigenvalue weighted by Crippen LogP contribution is -2.64. The molecule has 0 spiro atoms. The van der Waals surface area contributed by atoms with Gasteiger partial charge in [0.05, 0.1) is 25.2 Å². The van der Waals surface area contributed by atoms with E-state index in [2.05, 4.69) is 33.0 Å². The summed E-state index contributed by atoms with van der Waals surface area (Å²) < 4.78 is 5.24. The molecule has 5 nitrogen and oxygen atoms in total. The third-order valence-corrected chi connectivity index (χ3v) is 10.3. The number of nitrogens with one attached hydrogen (secondary N) is 1. The summed E-state index contributed by atoms with van der Waals surface area (Å²) in [5.74, 6) is 2.73.